The second-order valence-corrected chi connectivity index (χ2v) is 9.69. The van der Waals surface area contributed by atoms with Gasteiger partial charge in [-0.1, -0.05) is 6.07 Å². The van der Waals surface area contributed by atoms with Crippen molar-refractivity contribution in [3.05, 3.63) is 53.9 Å². The maximum Gasteiger partial charge on any atom is 0.254 e. The van der Waals surface area contributed by atoms with E-state index in [1.807, 2.05) is 6.07 Å². The zero-order chi connectivity index (χ0) is 24.2. The van der Waals surface area contributed by atoms with E-state index in [-0.39, 0.29) is 18.4 Å². The summed E-state index contributed by atoms with van der Waals surface area (Å²) >= 11 is 0. The lowest BCUT2D eigenvalue weighted by Gasteiger charge is -2.25. The Kier molecular flexibility index (Phi) is 7.18. The van der Waals surface area contributed by atoms with E-state index in [0.717, 1.165) is 43.7 Å². The van der Waals surface area contributed by atoms with Gasteiger partial charge in [-0.15, -0.1) is 0 Å². The smallest absolute Gasteiger partial charge is 0.254 e. The Morgan fingerprint density at radius 1 is 1.14 bits per heavy atom. The molecule has 3 atom stereocenters. The summed E-state index contributed by atoms with van der Waals surface area (Å²) in [5.41, 5.74) is 1.79. The molecule has 2 amide bonds. The molecule has 0 unspecified atom stereocenters. The summed E-state index contributed by atoms with van der Waals surface area (Å²) in [6.45, 7) is 2.77. The minimum absolute atomic E-state index is 0.0550. The summed E-state index contributed by atoms with van der Waals surface area (Å²) in [5, 5.41) is 3.15. The lowest BCUT2D eigenvalue weighted by Crippen LogP contribution is -2.43. The third-order valence-electron chi connectivity index (χ3n) is 7.58. The van der Waals surface area contributed by atoms with Gasteiger partial charge in [-0.25, -0.2) is 0 Å². The molecule has 35 heavy (non-hydrogen) atoms. The molecule has 1 N–H and O–H groups in total. The molecular formula is C27H34N4O4. The van der Waals surface area contributed by atoms with Gasteiger partial charge < -0.3 is 19.7 Å². The Morgan fingerprint density at radius 2 is 2.00 bits per heavy atom. The third-order valence-corrected chi connectivity index (χ3v) is 7.58. The van der Waals surface area contributed by atoms with Crippen molar-refractivity contribution in [2.24, 2.45) is 5.92 Å². The molecule has 8 nitrogen and oxygen atoms in total. The average Bonchev–Trinajstić information content (AvgIpc) is 3.49. The largest absolute Gasteiger partial charge is 0.493 e. The van der Waals surface area contributed by atoms with Crippen molar-refractivity contribution in [2.75, 3.05) is 39.9 Å². The van der Waals surface area contributed by atoms with E-state index in [9.17, 15) is 9.59 Å². The average molecular weight is 479 g/mol. The number of nitrogens with zero attached hydrogens (tertiary/aromatic N) is 3. The van der Waals surface area contributed by atoms with Crippen molar-refractivity contribution < 1.29 is 19.1 Å². The number of methoxy groups -OCH3 is 1. The summed E-state index contributed by atoms with van der Waals surface area (Å²) < 4.78 is 11.7. The van der Waals surface area contributed by atoms with Crippen molar-refractivity contribution >= 4 is 11.8 Å². The number of nitrogens with one attached hydrogen (secondary N) is 1. The molecule has 2 fully saturated rings. The predicted octanol–water partition coefficient (Wildman–Crippen LogP) is 3.05. The standard InChI is InChI=1S/C27H34N4O4/c1-34-24-7-6-20-16-25(24)35-14-3-2-12-30(27(33)19-8-10-28-11-9-19)18-26(32)29-17-21-15-23(20)31-13-4-5-22(21)31/h6-11,16,21-23H,2-5,12-15,17-18H2,1H3,(H,29,32)/t21-,22+,23-/m1/s1. The second-order valence-electron chi connectivity index (χ2n) is 9.69. The fraction of sp³-hybridized carbons (Fsp3) is 0.519. The first-order valence-electron chi connectivity index (χ1n) is 12.7. The number of carbonyl (C=O) groups is 2. The summed E-state index contributed by atoms with van der Waals surface area (Å²) in [4.78, 5) is 34.3. The Hall–Kier alpha value is -3.13. The van der Waals surface area contributed by atoms with Crippen LogP contribution in [0.25, 0.3) is 0 Å². The molecular weight excluding hydrogens is 444 g/mol. The van der Waals surface area contributed by atoms with Crippen LogP contribution in [0.2, 0.25) is 0 Å². The van der Waals surface area contributed by atoms with Crippen LogP contribution in [0.15, 0.2) is 42.7 Å². The monoisotopic (exact) mass is 478 g/mol. The molecule has 8 heteroatoms. The van der Waals surface area contributed by atoms with Gasteiger partial charge in [-0.2, -0.15) is 0 Å². The van der Waals surface area contributed by atoms with Crippen LogP contribution in [0.1, 0.15) is 54.1 Å². The quantitative estimate of drug-likeness (QED) is 0.714. The van der Waals surface area contributed by atoms with Gasteiger partial charge in [0.15, 0.2) is 11.5 Å². The summed E-state index contributed by atoms with van der Waals surface area (Å²) in [7, 11) is 1.67. The number of amides is 2. The van der Waals surface area contributed by atoms with E-state index in [1.165, 1.54) is 12.0 Å². The number of carbonyl (C=O) groups excluding carboxylic acids is 2. The zero-order valence-electron chi connectivity index (χ0n) is 20.3. The highest BCUT2D eigenvalue weighted by Crippen LogP contribution is 2.46. The van der Waals surface area contributed by atoms with E-state index in [4.69, 9.17) is 9.47 Å². The number of hydrogen-bond donors (Lipinski definition) is 1. The molecule has 0 saturated carbocycles. The number of fused-ring (bicyclic) bond motifs is 8. The SMILES string of the molecule is COc1ccc2cc1OCCCCN(C(=O)c1ccncc1)CC(=O)NC[C@H]1C[C@H]2N2CCC[C@@H]12. The number of aromatic nitrogens is 1. The Morgan fingerprint density at radius 3 is 2.83 bits per heavy atom. The van der Waals surface area contributed by atoms with Crippen LogP contribution in [0.3, 0.4) is 0 Å². The molecule has 2 aromatic rings. The van der Waals surface area contributed by atoms with Gasteiger partial charge in [-0.05, 0) is 74.4 Å². The predicted molar refractivity (Wildman–Crippen MR) is 131 cm³/mol. The number of pyridine rings is 1. The van der Waals surface area contributed by atoms with Gasteiger partial charge in [0.05, 0.1) is 20.3 Å². The molecule has 3 aliphatic heterocycles. The van der Waals surface area contributed by atoms with Crippen molar-refractivity contribution in [3.63, 3.8) is 0 Å². The molecule has 0 radical (unpaired) electrons. The number of rotatable bonds is 2. The molecule has 4 bridgehead atoms. The van der Waals surface area contributed by atoms with Crippen LogP contribution in [0, 0.1) is 5.92 Å². The van der Waals surface area contributed by atoms with Crippen molar-refractivity contribution in [2.45, 2.75) is 44.2 Å². The molecule has 1 aromatic carbocycles. The number of hydrogen-bond acceptors (Lipinski definition) is 6. The first kappa shape index (κ1) is 23.6. The van der Waals surface area contributed by atoms with Crippen LogP contribution >= 0.6 is 0 Å². The van der Waals surface area contributed by atoms with E-state index in [0.29, 0.717) is 43.3 Å². The lowest BCUT2D eigenvalue weighted by atomic mass is 9.94. The first-order valence-corrected chi connectivity index (χ1v) is 12.7. The minimum Gasteiger partial charge on any atom is -0.493 e. The maximum absolute atomic E-state index is 13.1. The zero-order valence-corrected chi connectivity index (χ0v) is 20.3. The van der Waals surface area contributed by atoms with Crippen molar-refractivity contribution in [3.8, 4) is 11.5 Å². The maximum atomic E-state index is 13.1. The van der Waals surface area contributed by atoms with E-state index in [2.05, 4.69) is 27.3 Å². The molecule has 186 valence electrons. The Bertz CT molecular complexity index is 1050. The van der Waals surface area contributed by atoms with Gasteiger partial charge in [-0.3, -0.25) is 19.5 Å². The number of ether oxygens (including phenoxy) is 2. The highest BCUT2D eigenvalue weighted by Gasteiger charge is 2.44. The van der Waals surface area contributed by atoms with Crippen LogP contribution in [-0.2, 0) is 4.79 Å². The molecule has 4 heterocycles. The third kappa shape index (κ3) is 5.12. The van der Waals surface area contributed by atoms with Gasteiger partial charge in [0.1, 0.15) is 0 Å². The van der Waals surface area contributed by atoms with Crippen LogP contribution in [0.5, 0.6) is 11.5 Å². The van der Waals surface area contributed by atoms with Gasteiger partial charge in [0, 0.05) is 43.1 Å². The fourth-order valence-corrected chi connectivity index (χ4v) is 5.84. The molecule has 5 rings (SSSR count). The molecule has 1 aromatic heterocycles. The topological polar surface area (TPSA) is 84.0 Å². The Labute approximate surface area is 206 Å². The van der Waals surface area contributed by atoms with Crippen molar-refractivity contribution in [1.82, 2.24) is 20.1 Å². The van der Waals surface area contributed by atoms with Crippen molar-refractivity contribution in [1.29, 1.82) is 0 Å². The molecule has 2 saturated heterocycles. The molecule has 0 aliphatic carbocycles. The van der Waals surface area contributed by atoms with Crippen LogP contribution < -0.4 is 14.8 Å². The van der Waals surface area contributed by atoms with Gasteiger partial charge in [0.2, 0.25) is 5.91 Å². The van der Waals surface area contributed by atoms with Crippen LogP contribution in [0.4, 0.5) is 0 Å². The van der Waals surface area contributed by atoms with E-state index in [1.54, 1.807) is 36.5 Å². The highest BCUT2D eigenvalue weighted by atomic mass is 16.5. The van der Waals surface area contributed by atoms with Gasteiger partial charge >= 0.3 is 0 Å². The minimum atomic E-state index is -0.151. The Balaban J connectivity index is 1.38. The normalized spacial score (nSPS) is 25.5. The fourth-order valence-electron chi connectivity index (χ4n) is 5.84. The van der Waals surface area contributed by atoms with Crippen LogP contribution in [-0.4, -0.2) is 72.5 Å². The van der Waals surface area contributed by atoms with Gasteiger partial charge in [0.25, 0.3) is 5.91 Å². The first-order chi connectivity index (χ1) is 17.1. The highest BCUT2D eigenvalue weighted by molar-refractivity contribution is 5.96. The summed E-state index contributed by atoms with van der Waals surface area (Å²) in [5.74, 6) is 1.64. The summed E-state index contributed by atoms with van der Waals surface area (Å²) in [6.07, 6.45) is 8.02. The van der Waals surface area contributed by atoms with E-state index >= 15 is 0 Å². The molecule has 0 spiro atoms. The second kappa shape index (κ2) is 10.6. The lowest BCUT2D eigenvalue weighted by molar-refractivity contribution is -0.122. The molecule has 3 aliphatic rings. The number of benzene rings is 1. The van der Waals surface area contributed by atoms with E-state index < -0.39 is 0 Å². The summed E-state index contributed by atoms with van der Waals surface area (Å²) in [6, 6.07) is 10.4.